The molecule has 3 heteroatoms. The van der Waals surface area contributed by atoms with Crippen LogP contribution in [0, 0.1) is 0 Å². The fourth-order valence-corrected chi connectivity index (χ4v) is 3.01. The third kappa shape index (κ3) is 1.80. The van der Waals surface area contributed by atoms with Gasteiger partial charge >= 0.3 is 0 Å². The van der Waals surface area contributed by atoms with Gasteiger partial charge in [-0.05, 0) is 18.9 Å². The quantitative estimate of drug-likeness (QED) is 0.878. The second-order valence-corrected chi connectivity index (χ2v) is 5.13. The summed E-state index contributed by atoms with van der Waals surface area (Å²) in [5.74, 6) is 0. The van der Waals surface area contributed by atoms with E-state index in [2.05, 4.69) is 29.1 Å². The fourth-order valence-electron chi connectivity index (χ4n) is 3.01. The number of rotatable bonds is 2. The van der Waals surface area contributed by atoms with E-state index in [0.717, 1.165) is 22.3 Å². The molecule has 3 rings (SSSR count). The lowest BCUT2D eigenvalue weighted by atomic mass is 10.1. The van der Waals surface area contributed by atoms with E-state index < -0.39 is 0 Å². The molecule has 0 aliphatic heterocycles. The van der Waals surface area contributed by atoms with Gasteiger partial charge in [-0.15, -0.1) is 0 Å². The highest BCUT2D eigenvalue weighted by Gasteiger charge is 2.22. The predicted molar refractivity (Wildman–Crippen MR) is 76.8 cm³/mol. The average Bonchev–Trinajstić information content (AvgIpc) is 2.92. The third-order valence-corrected chi connectivity index (χ3v) is 4.00. The maximum atomic E-state index is 6.15. The average molecular weight is 241 g/mol. The molecule has 2 N–H and O–H groups in total. The van der Waals surface area contributed by atoms with Crippen LogP contribution in [0.4, 0.5) is 11.4 Å². The zero-order chi connectivity index (χ0) is 12.5. The van der Waals surface area contributed by atoms with Crippen molar-refractivity contribution in [2.24, 2.45) is 0 Å². The Kier molecular flexibility index (Phi) is 2.82. The maximum absolute atomic E-state index is 6.15. The summed E-state index contributed by atoms with van der Waals surface area (Å²) in [7, 11) is 2.16. The lowest BCUT2D eigenvalue weighted by Crippen LogP contribution is -2.29. The zero-order valence-corrected chi connectivity index (χ0v) is 10.8. The number of pyridine rings is 1. The molecular formula is C15H19N3. The maximum Gasteiger partial charge on any atom is 0.0745 e. The van der Waals surface area contributed by atoms with Crippen LogP contribution in [0.3, 0.4) is 0 Å². The van der Waals surface area contributed by atoms with Gasteiger partial charge in [0.05, 0.1) is 23.1 Å². The third-order valence-electron chi connectivity index (χ3n) is 4.00. The fraction of sp³-hybridized carbons (Fsp3) is 0.400. The van der Waals surface area contributed by atoms with Gasteiger partial charge in [-0.3, -0.25) is 4.98 Å². The van der Waals surface area contributed by atoms with Gasteiger partial charge in [0.25, 0.3) is 0 Å². The van der Waals surface area contributed by atoms with Crippen LogP contribution in [-0.4, -0.2) is 18.1 Å². The van der Waals surface area contributed by atoms with Gasteiger partial charge in [-0.25, -0.2) is 0 Å². The van der Waals surface area contributed by atoms with Crippen LogP contribution in [0.25, 0.3) is 10.9 Å². The molecule has 1 aliphatic rings. The Balaban J connectivity index is 2.11. The SMILES string of the molecule is CN(c1c(N)cnc2ccccc12)C1CCCC1. The van der Waals surface area contributed by atoms with Crippen LogP contribution in [-0.2, 0) is 0 Å². The first kappa shape index (κ1) is 11.3. The molecule has 0 bridgehead atoms. The van der Waals surface area contributed by atoms with Crippen molar-refractivity contribution in [2.45, 2.75) is 31.7 Å². The van der Waals surface area contributed by atoms with E-state index in [4.69, 9.17) is 5.73 Å². The Labute approximate surface area is 108 Å². The molecule has 18 heavy (non-hydrogen) atoms. The summed E-state index contributed by atoms with van der Waals surface area (Å²) in [5.41, 5.74) is 9.10. The molecule has 0 unspecified atom stereocenters. The van der Waals surface area contributed by atoms with Crippen LogP contribution in [0.2, 0.25) is 0 Å². The number of hydrogen-bond acceptors (Lipinski definition) is 3. The van der Waals surface area contributed by atoms with Gasteiger partial charge in [-0.2, -0.15) is 0 Å². The molecule has 1 fully saturated rings. The molecule has 0 amide bonds. The standard InChI is InChI=1S/C15H19N3/c1-18(11-6-2-3-7-11)15-12-8-4-5-9-14(12)17-10-13(15)16/h4-5,8-11H,2-3,6-7,16H2,1H3. The van der Waals surface area contributed by atoms with Crippen LogP contribution in [0.15, 0.2) is 30.5 Å². The molecule has 1 saturated carbocycles. The topological polar surface area (TPSA) is 42.1 Å². The molecule has 0 atom stereocenters. The summed E-state index contributed by atoms with van der Waals surface area (Å²) in [4.78, 5) is 6.75. The van der Waals surface area contributed by atoms with E-state index in [1.54, 1.807) is 6.20 Å². The number of anilines is 2. The molecule has 2 aromatic rings. The minimum absolute atomic E-state index is 0.623. The lowest BCUT2D eigenvalue weighted by Gasteiger charge is -2.28. The molecule has 1 aliphatic carbocycles. The molecule has 94 valence electrons. The van der Waals surface area contributed by atoms with E-state index in [1.807, 2.05) is 12.1 Å². The van der Waals surface area contributed by atoms with Gasteiger partial charge in [0.15, 0.2) is 0 Å². The molecule has 0 saturated heterocycles. The van der Waals surface area contributed by atoms with Crippen molar-refractivity contribution < 1.29 is 0 Å². The second-order valence-electron chi connectivity index (χ2n) is 5.13. The van der Waals surface area contributed by atoms with Gasteiger partial charge < -0.3 is 10.6 Å². The molecular weight excluding hydrogens is 222 g/mol. The zero-order valence-electron chi connectivity index (χ0n) is 10.8. The molecule has 1 aromatic heterocycles. The summed E-state index contributed by atoms with van der Waals surface area (Å²) in [6.45, 7) is 0. The monoisotopic (exact) mass is 241 g/mol. The van der Waals surface area contributed by atoms with E-state index >= 15 is 0 Å². The summed E-state index contributed by atoms with van der Waals surface area (Å²) >= 11 is 0. The van der Waals surface area contributed by atoms with Crippen LogP contribution in [0.5, 0.6) is 0 Å². The Bertz CT molecular complexity index is 559. The highest BCUT2D eigenvalue weighted by molar-refractivity contribution is 5.97. The van der Waals surface area contributed by atoms with E-state index in [9.17, 15) is 0 Å². The number of para-hydroxylation sites is 1. The molecule has 1 heterocycles. The second kappa shape index (κ2) is 4.48. The molecule has 0 radical (unpaired) electrons. The summed E-state index contributed by atoms with van der Waals surface area (Å²) < 4.78 is 0. The molecule has 0 spiro atoms. The lowest BCUT2D eigenvalue weighted by molar-refractivity contribution is 0.655. The number of nitrogen functional groups attached to an aromatic ring is 1. The van der Waals surface area contributed by atoms with Gasteiger partial charge in [0.1, 0.15) is 0 Å². The summed E-state index contributed by atoms with van der Waals surface area (Å²) in [6, 6.07) is 8.85. The first-order valence-corrected chi connectivity index (χ1v) is 6.63. The Morgan fingerprint density at radius 1 is 1.22 bits per heavy atom. The smallest absolute Gasteiger partial charge is 0.0745 e. The van der Waals surface area contributed by atoms with Crippen LogP contribution < -0.4 is 10.6 Å². The Morgan fingerprint density at radius 3 is 2.72 bits per heavy atom. The number of fused-ring (bicyclic) bond motifs is 1. The minimum Gasteiger partial charge on any atom is -0.396 e. The van der Waals surface area contributed by atoms with E-state index in [-0.39, 0.29) is 0 Å². The van der Waals surface area contributed by atoms with Gasteiger partial charge in [0, 0.05) is 18.5 Å². The summed E-state index contributed by atoms with van der Waals surface area (Å²) in [6.07, 6.45) is 6.98. The van der Waals surface area contributed by atoms with Crippen molar-refractivity contribution in [3.05, 3.63) is 30.5 Å². The largest absolute Gasteiger partial charge is 0.396 e. The number of nitrogens with two attached hydrogens (primary N) is 1. The Hall–Kier alpha value is -1.77. The van der Waals surface area contributed by atoms with Crippen molar-refractivity contribution in [1.29, 1.82) is 0 Å². The van der Waals surface area contributed by atoms with Gasteiger partial charge in [0.2, 0.25) is 0 Å². The number of aromatic nitrogens is 1. The summed E-state index contributed by atoms with van der Waals surface area (Å²) in [5, 5.41) is 1.16. The number of hydrogen-bond donors (Lipinski definition) is 1. The van der Waals surface area contributed by atoms with Crippen molar-refractivity contribution in [1.82, 2.24) is 4.98 Å². The Morgan fingerprint density at radius 2 is 1.94 bits per heavy atom. The molecule has 1 aromatic carbocycles. The van der Waals surface area contributed by atoms with E-state index in [0.29, 0.717) is 6.04 Å². The highest BCUT2D eigenvalue weighted by atomic mass is 15.1. The van der Waals surface area contributed by atoms with Crippen molar-refractivity contribution >= 4 is 22.3 Å². The minimum atomic E-state index is 0.623. The van der Waals surface area contributed by atoms with Crippen LogP contribution in [0.1, 0.15) is 25.7 Å². The van der Waals surface area contributed by atoms with Crippen molar-refractivity contribution in [3.63, 3.8) is 0 Å². The number of benzene rings is 1. The van der Waals surface area contributed by atoms with Crippen molar-refractivity contribution in [3.8, 4) is 0 Å². The van der Waals surface area contributed by atoms with E-state index in [1.165, 1.54) is 25.7 Å². The first-order valence-electron chi connectivity index (χ1n) is 6.63. The number of nitrogens with zero attached hydrogens (tertiary/aromatic N) is 2. The highest BCUT2D eigenvalue weighted by Crippen LogP contribution is 2.35. The first-order chi connectivity index (χ1) is 8.77. The molecule has 3 nitrogen and oxygen atoms in total. The predicted octanol–water partition coefficient (Wildman–Crippen LogP) is 3.20. The normalized spacial score (nSPS) is 16.3. The van der Waals surface area contributed by atoms with Crippen molar-refractivity contribution in [2.75, 3.05) is 17.7 Å². The van der Waals surface area contributed by atoms with Crippen LogP contribution >= 0.6 is 0 Å². The van der Waals surface area contributed by atoms with Gasteiger partial charge in [-0.1, -0.05) is 31.0 Å².